The molecule has 0 bridgehead atoms. The van der Waals surface area contributed by atoms with Gasteiger partial charge in [0, 0.05) is 51.9 Å². The smallest absolute Gasteiger partial charge is 0.260 e. The van der Waals surface area contributed by atoms with E-state index >= 15 is 0 Å². The predicted molar refractivity (Wildman–Crippen MR) is 174 cm³/mol. The van der Waals surface area contributed by atoms with Gasteiger partial charge in [-0.15, -0.1) is 0 Å². The van der Waals surface area contributed by atoms with E-state index < -0.39 is 12.2 Å². The van der Waals surface area contributed by atoms with Crippen LogP contribution < -0.4 is 16.2 Å². The molecule has 0 saturated carbocycles. The third kappa shape index (κ3) is 6.08. The Morgan fingerprint density at radius 1 is 1.02 bits per heavy atom. The van der Waals surface area contributed by atoms with Crippen molar-refractivity contribution in [1.29, 1.82) is 0 Å². The Morgan fingerprint density at radius 2 is 1.81 bits per heavy atom. The van der Waals surface area contributed by atoms with E-state index in [-0.39, 0.29) is 5.56 Å². The van der Waals surface area contributed by atoms with Crippen molar-refractivity contribution in [2.24, 2.45) is 4.99 Å². The summed E-state index contributed by atoms with van der Waals surface area (Å²) < 4.78 is 15.9. The van der Waals surface area contributed by atoms with E-state index in [1.807, 2.05) is 13.0 Å². The second-order valence-corrected chi connectivity index (χ2v) is 11.6. The van der Waals surface area contributed by atoms with Gasteiger partial charge in [-0.3, -0.25) is 9.36 Å². The molecule has 9 heteroatoms. The predicted octanol–water partition coefficient (Wildman–Crippen LogP) is 7.22. The van der Waals surface area contributed by atoms with Crippen molar-refractivity contribution in [3.05, 3.63) is 99.3 Å². The van der Waals surface area contributed by atoms with Gasteiger partial charge in [-0.05, 0) is 99.3 Å². The molecule has 0 amide bonds. The lowest BCUT2D eigenvalue weighted by Gasteiger charge is -2.32. The number of pyridine rings is 2. The SMILES string of the molecule is CCCN1CCC(c2ccc(NC3N=Cc4cc(-c5ccc(-c6cccnc6F)cc5Cl)c(=O)n(CC)c4N3)cc2)CC1. The minimum atomic E-state index is -0.571. The number of halogens is 2. The highest BCUT2D eigenvalue weighted by Crippen LogP contribution is 2.34. The van der Waals surface area contributed by atoms with Gasteiger partial charge in [0.25, 0.3) is 5.56 Å². The molecule has 6 rings (SSSR count). The van der Waals surface area contributed by atoms with Crippen LogP contribution in [0.1, 0.15) is 50.2 Å². The summed E-state index contributed by atoms with van der Waals surface area (Å²) in [5, 5.41) is 7.19. The summed E-state index contributed by atoms with van der Waals surface area (Å²) >= 11 is 6.66. The van der Waals surface area contributed by atoms with Crippen molar-refractivity contribution < 1.29 is 4.39 Å². The molecule has 4 aromatic rings. The van der Waals surface area contributed by atoms with Crippen LogP contribution in [-0.4, -0.2) is 46.6 Å². The molecule has 2 aromatic carbocycles. The van der Waals surface area contributed by atoms with Gasteiger partial charge in [-0.1, -0.05) is 42.8 Å². The van der Waals surface area contributed by atoms with E-state index in [9.17, 15) is 9.18 Å². The lowest BCUT2D eigenvalue weighted by molar-refractivity contribution is 0.213. The molecule has 1 saturated heterocycles. The number of benzene rings is 2. The Morgan fingerprint density at radius 3 is 2.51 bits per heavy atom. The molecule has 1 unspecified atom stereocenters. The van der Waals surface area contributed by atoms with Gasteiger partial charge >= 0.3 is 0 Å². The first kappa shape index (κ1) is 29.1. The van der Waals surface area contributed by atoms with E-state index in [1.54, 1.807) is 41.1 Å². The van der Waals surface area contributed by atoms with Crippen molar-refractivity contribution in [3.63, 3.8) is 0 Å². The van der Waals surface area contributed by atoms with Crippen molar-refractivity contribution in [2.45, 2.75) is 51.9 Å². The van der Waals surface area contributed by atoms with Gasteiger partial charge in [0.15, 0.2) is 6.29 Å². The first-order valence-electron chi connectivity index (χ1n) is 15.0. The highest BCUT2D eigenvalue weighted by molar-refractivity contribution is 6.33. The average molecular weight is 599 g/mol. The monoisotopic (exact) mass is 598 g/mol. The lowest BCUT2D eigenvalue weighted by Crippen LogP contribution is -2.35. The zero-order valence-electron chi connectivity index (χ0n) is 24.5. The first-order valence-corrected chi connectivity index (χ1v) is 15.4. The molecule has 2 N–H and O–H groups in total. The number of hydrogen-bond acceptors (Lipinski definition) is 6. The summed E-state index contributed by atoms with van der Waals surface area (Å²) in [6.07, 6.45) is 6.38. The molecular weight excluding hydrogens is 563 g/mol. The van der Waals surface area contributed by atoms with Crippen LogP contribution in [0.25, 0.3) is 22.3 Å². The number of aromatic nitrogens is 2. The Kier molecular flexibility index (Phi) is 8.58. The van der Waals surface area contributed by atoms with Crippen LogP contribution in [-0.2, 0) is 6.54 Å². The molecule has 7 nitrogen and oxygen atoms in total. The summed E-state index contributed by atoms with van der Waals surface area (Å²) in [5.41, 5.74) is 4.95. The molecule has 2 aliphatic rings. The second kappa shape index (κ2) is 12.7. The number of likely N-dealkylation sites (tertiary alicyclic amines) is 1. The summed E-state index contributed by atoms with van der Waals surface area (Å²) in [6.45, 7) is 8.17. The first-order chi connectivity index (χ1) is 20.9. The van der Waals surface area contributed by atoms with Gasteiger partial charge in [0.2, 0.25) is 5.95 Å². The van der Waals surface area contributed by atoms with E-state index in [1.165, 1.54) is 50.7 Å². The number of anilines is 2. The van der Waals surface area contributed by atoms with Gasteiger partial charge < -0.3 is 15.5 Å². The zero-order valence-corrected chi connectivity index (χ0v) is 25.2. The molecule has 0 spiro atoms. The quantitative estimate of drug-likeness (QED) is 0.210. The Labute approximate surface area is 256 Å². The minimum Gasteiger partial charge on any atom is -0.347 e. The highest BCUT2D eigenvalue weighted by Gasteiger charge is 2.23. The maximum atomic E-state index is 14.2. The van der Waals surface area contributed by atoms with Crippen molar-refractivity contribution in [1.82, 2.24) is 14.5 Å². The number of aliphatic imine (C=N–C) groups is 1. The Hall–Kier alpha value is -4.01. The van der Waals surface area contributed by atoms with E-state index in [4.69, 9.17) is 11.6 Å². The van der Waals surface area contributed by atoms with Gasteiger partial charge in [0.05, 0.1) is 0 Å². The fraction of sp³-hybridized carbons (Fsp3) is 0.324. The highest BCUT2D eigenvalue weighted by atomic mass is 35.5. The van der Waals surface area contributed by atoms with Crippen molar-refractivity contribution in [2.75, 3.05) is 30.3 Å². The Balaban J connectivity index is 1.19. The van der Waals surface area contributed by atoms with Crippen LogP contribution in [0.5, 0.6) is 0 Å². The van der Waals surface area contributed by atoms with Crippen LogP contribution in [0, 0.1) is 5.95 Å². The molecule has 2 aliphatic heterocycles. The molecule has 1 fully saturated rings. The van der Waals surface area contributed by atoms with Crippen LogP contribution in [0.3, 0.4) is 0 Å². The van der Waals surface area contributed by atoms with Crippen LogP contribution in [0.15, 0.2) is 76.6 Å². The molecule has 1 atom stereocenters. The fourth-order valence-corrected chi connectivity index (χ4v) is 6.44. The maximum absolute atomic E-state index is 14.2. The summed E-state index contributed by atoms with van der Waals surface area (Å²) in [5.74, 6) is 0.733. The van der Waals surface area contributed by atoms with E-state index in [0.717, 1.165) is 11.3 Å². The molecule has 0 aliphatic carbocycles. The summed E-state index contributed by atoms with van der Waals surface area (Å²) in [4.78, 5) is 24.6. The number of nitrogens with zero attached hydrogens (tertiary/aromatic N) is 4. The van der Waals surface area contributed by atoms with Crippen molar-refractivity contribution in [3.8, 4) is 22.3 Å². The molecule has 2 aromatic heterocycles. The van der Waals surface area contributed by atoms with E-state index in [2.05, 4.69) is 56.7 Å². The number of piperidine rings is 1. The lowest BCUT2D eigenvalue weighted by atomic mass is 9.89. The van der Waals surface area contributed by atoms with Crippen LogP contribution in [0.4, 0.5) is 15.9 Å². The molecule has 0 radical (unpaired) electrons. The zero-order chi connectivity index (χ0) is 29.9. The summed E-state index contributed by atoms with van der Waals surface area (Å²) in [7, 11) is 0. The largest absolute Gasteiger partial charge is 0.347 e. The third-order valence-electron chi connectivity index (χ3n) is 8.41. The van der Waals surface area contributed by atoms with Gasteiger partial charge in [0.1, 0.15) is 5.82 Å². The van der Waals surface area contributed by atoms with Crippen LogP contribution >= 0.6 is 11.6 Å². The number of nitrogens with one attached hydrogen (secondary N) is 2. The maximum Gasteiger partial charge on any atom is 0.260 e. The van der Waals surface area contributed by atoms with Crippen molar-refractivity contribution >= 4 is 29.3 Å². The normalized spacial score (nSPS) is 17.0. The Bertz CT molecular complexity index is 1690. The van der Waals surface area contributed by atoms with E-state index in [0.29, 0.717) is 45.6 Å². The van der Waals surface area contributed by atoms with Crippen LogP contribution in [0.2, 0.25) is 5.02 Å². The third-order valence-corrected chi connectivity index (χ3v) is 8.73. The number of hydrogen-bond donors (Lipinski definition) is 2. The molecule has 222 valence electrons. The minimum absolute atomic E-state index is 0.167. The average Bonchev–Trinajstić information content (AvgIpc) is 3.02. The standard InChI is InChI=1S/C34H36ClFN6O/c1-3-16-41-17-13-23(14-18-41)22-7-10-26(11-8-22)39-34-38-21-25-19-29(33(43)42(4-2)32(25)40-34)28-12-9-24(20-30(28)35)27-6-5-15-37-31(27)36/h5-12,15,19-21,23,34,39-40H,3-4,13-14,16-18H2,1-2H3. The van der Waals surface area contributed by atoms with Gasteiger partial charge in [-0.2, -0.15) is 4.39 Å². The number of rotatable bonds is 8. The number of fused-ring (bicyclic) bond motifs is 1. The topological polar surface area (TPSA) is 74.5 Å². The van der Waals surface area contributed by atoms with Gasteiger partial charge in [-0.25, -0.2) is 9.98 Å². The molecule has 43 heavy (non-hydrogen) atoms. The summed E-state index contributed by atoms with van der Waals surface area (Å²) in [6, 6.07) is 19.0. The fourth-order valence-electron chi connectivity index (χ4n) is 6.16. The molecular formula is C34H36ClFN6O. The molecule has 4 heterocycles. The second-order valence-electron chi connectivity index (χ2n) is 11.2.